The molecule has 1 saturated heterocycles. The number of rotatable bonds is 8. The van der Waals surface area contributed by atoms with Crippen molar-refractivity contribution >= 4 is 5.82 Å². The lowest BCUT2D eigenvalue weighted by Crippen LogP contribution is -2.45. The number of likely N-dealkylation sites (tertiary alicyclic amines) is 1. The van der Waals surface area contributed by atoms with Crippen molar-refractivity contribution in [3.63, 3.8) is 0 Å². The van der Waals surface area contributed by atoms with Crippen LogP contribution in [-0.4, -0.2) is 65.2 Å². The SMILES string of the molecule is C=C1/C=C\C=C/C/C(C2=CCN(NOC3CCN(Cc4ccnc(N)c4)CC3)CC2)=C(/C)N1CC1=CC=CCN1. The molecule has 8 nitrogen and oxygen atoms in total. The molecule has 5 rings (SSSR count). The largest absolute Gasteiger partial charge is 0.384 e. The van der Waals surface area contributed by atoms with E-state index in [0.29, 0.717) is 5.82 Å². The summed E-state index contributed by atoms with van der Waals surface area (Å²) in [6.07, 6.45) is 23.2. The van der Waals surface area contributed by atoms with E-state index < -0.39 is 0 Å². The van der Waals surface area contributed by atoms with Crippen LogP contribution in [0, 0.1) is 0 Å². The number of hydrazine groups is 1. The minimum absolute atomic E-state index is 0.221. The minimum atomic E-state index is 0.221. The average Bonchev–Trinajstić information content (AvgIpc) is 3.04. The Morgan fingerprint density at radius 1 is 1.15 bits per heavy atom. The van der Waals surface area contributed by atoms with Crippen molar-refractivity contribution in [2.75, 3.05) is 45.0 Å². The molecular formula is C32H43N7O. The van der Waals surface area contributed by atoms with Crippen molar-refractivity contribution in [3.8, 4) is 0 Å². The number of aromatic nitrogens is 1. The molecule has 1 aromatic rings. The van der Waals surface area contributed by atoms with Gasteiger partial charge in [0.2, 0.25) is 0 Å². The fraction of sp³-hybridized carbons (Fsp3) is 0.406. The van der Waals surface area contributed by atoms with Gasteiger partial charge in [-0.1, -0.05) is 43.0 Å². The minimum Gasteiger partial charge on any atom is -0.384 e. The van der Waals surface area contributed by atoms with E-state index >= 15 is 0 Å². The van der Waals surface area contributed by atoms with E-state index in [2.05, 4.69) is 92.8 Å². The summed E-state index contributed by atoms with van der Waals surface area (Å²) in [5.74, 6) is 0.582. The molecule has 4 aliphatic rings. The van der Waals surface area contributed by atoms with Gasteiger partial charge in [-0.25, -0.2) is 9.99 Å². The highest BCUT2D eigenvalue weighted by atomic mass is 16.7. The lowest BCUT2D eigenvalue weighted by molar-refractivity contribution is -0.134. The number of nitrogens with one attached hydrogen (secondary N) is 2. The van der Waals surface area contributed by atoms with E-state index in [1.807, 2.05) is 12.1 Å². The molecule has 212 valence electrons. The van der Waals surface area contributed by atoms with Crippen LogP contribution in [-0.2, 0) is 11.4 Å². The van der Waals surface area contributed by atoms with E-state index in [9.17, 15) is 0 Å². The number of anilines is 1. The maximum absolute atomic E-state index is 6.13. The van der Waals surface area contributed by atoms with Gasteiger partial charge < -0.3 is 16.0 Å². The third-order valence-electron chi connectivity index (χ3n) is 7.99. The van der Waals surface area contributed by atoms with Gasteiger partial charge in [0.15, 0.2) is 0 Å². The van der Waals surface area contributed by atoms with E-state index in [1.165, 1.54) is 28.1 Å². The van der Waals surface area contributed by atoms with Crippen molar-refractivity contribution in [3.05, 3.63) is 107 Å². The standard InChI is InChI=1S/C32H43N7O/c1-25-8-4-3-5-10-31(26(2)39(25)24-29-9-6-7-16-34-29)28-12-20-38(21-13-28)36-40-30-14-18-37(19-15-30)23-27-11-17-35-32(33)22-27/h3-9,11-12,17,22,30,34,36H,1,10,13-16,18-21,23-24H2,2H3,(H2,33,35)/b5-3-,8-4-,31-26+. The first-order valence-electron chi connectivity index (χ1n) is 14.4. The van der Waals surface area contributed by atoms with Gasteiger partial charge in [0.1, 0.15) is 5.82 Å². The Bertz CT molecular complexity index is 1230. The number of nitrogens with two attached hydrogens (primary N) is 1. The van der Waals surface area contributed by atoms with Crippen LogP contribution in [0.5, 0.6) is 0 Å². The predicted octanol–water partition coefficient (Wildman–Crippen LogP) is 4.35. The molecular weight excluding hydrogens is 498 g/mol. The van der Waals surface area contributed by atoms with Gasteiger partial charge in [0.25, 0.3) is 0 Å². The fourth-order valence-corrected chi connectivity index (χ4v) is 5.62. The third kappa shape index (κ3) is 7.61. The van der Waals surface area contributed by atoms with E-state index in [4.69, 9.17) is 10.6 Å². The Morgan fingerprint density at radius 3 is 2.77 bits per heavy atom. The molecule has 0 amide bonds. The second-order valence-electron chi connectivity index (χ2n) is 10.8. The highest BCUT2D eigenvalue weighted by molar-refractivity contribution is 5.41. The predicted molar refractivity (Wildman–Crippen MR) is 162 cm³/mol. The lowest BCUT2D eigenvalue weighted by Gasteiger charge is -2.34. The summed E-state index contributed by atoms with van der Waals surface area (Å²) in [6, 6.07) is 4.00. The molecule has 0 saturated carbocycles. The summed E-state index contributed by atoms with van der Waals surface area (Å²) in [5, 5.41) is 5.67. The molecule has 0 atom stereocenters. The zero-order chi connectivity index (χ0) is 27.7. The smallest absolute Gasteiger partial charge is 0.123 e. The molecule has 0 aliphatic carbocycles. The van der Waals surface area contributed by atoms with Crippen molar-refractivity contribution in [2.45, 2.75) is 45.3 Å². The van der Waals surface area contributed by atoms with Gasteiger partial charge in [-0.15, -0.1) is 5.59 Å². The van der Waals surface area contributed by atoms with Crippen LogP contribution in [0.25, 0.3) is 0 Å². The average molecular weight is 542 g/mol. The highest BCUT2D eigenvalue weighted by Crippen LogP contribution is 2.30. The van der Waals surface area contributed by atoms with Crippen molar-refractivity contribution in [1.29, 1.82) is 0 Å². The zero-order valence-electron chi connectivity index (χ0n) is 23.7. The normalized spacial score (nSPS) is 24.9. The molecule has 1 fully saturated rings. The highest BCUT2D eigenvalue weighted by Gasteiger charge is 2.23. The molecule has 0 aromatic carbocycles. The Kier molecular flexibility index (Phi) is 9.67. The quantitative estimate of drug-likeness (QED) is 0.420. The summed E-state index contributed by atoms with van der Waals surface area (Å²) in [5.41, 5.74) is 16.6. The molecule has 4 aliphatic heterocycles. The monoisotopic (exact) mass is 541 g/mol. The molecule has 1 aromatic heterocycles. The Morgan fingerprint density at radius 2 is 2.02 bits per heavy atom. The van der Waals surface area contributed by atoms with E-state index in [-0.39, 0.29) is 6.10 Å². The van der Waals surface area contributed by atoms with E-state index in [1.54, 1.807) is 6.20 Å². The number of dihydropyridines is 1. The van der Waals surface area contributed by atoms with Crippen molar-refractivity contribution < 1.29 is 4.84 Å². The topological polar surface area (TPSA) is 81.9 Å². The maximum Gasteiger partial charge on any atom is 0.123 e. The zero-order valence-corrected chi connectivity index (χ0v) is 23.7. The summed E-state index contributed by atoms with van der Waals surface area (Å²) < 4.78 is 0. The second-order valence-corrected chi connectivity index (χ2v) is 10.8. The fourth-order valence-electron chi connectivity index (χ4n) is 5.62. The molecule has 4 N–H and O–H groups in total. The molecule has 0 unspecified atom stereocenters. The van der Waals surface area contributed by atoms with Crippen LogP contribution >= 0.6 is 0 Å². The van der Waals surface area contributed by atoms with Crippen LogP contribution in [0.1, 0.15) is 38.2 Å². The molecule has 0 spiro atoms. The van der Waals surface area contributed by atoms with Crippen LogP contribution in [0.3, 0.4) is 0 Å². The number of nitrogen functional groups attached to an aromatic ring is 1. The van der Waals surface area contributed by atoms with Crippen molar-refractivity contribution in [2.24, 2.45) is 0 Å². The second kappa shape index (κ2) is 13.8. The van der Waals surface area contributed by atoms with Gasteiger partial charge >= 0.3 is 0 Å². The van der Waals surface area contributed by atoms with Crippen LogP contribution in [0.4, 0.5) is 5.82 Å². The third-order valence-corrected chi connectivity index (χ3v) is 7.99. The Balaban J connectivity index is 1.14. The molecule has 5 heterocycles. The summed E-state index contributed by atoms with van der Waals surface area (Å²) in [4.78, 5) is 15.0. The maximum atomic E-state index is 6.13. The first-order chi connectivity index (χ1) is 19.5. The van der Waals surface area contributed by atoms with Crippen LogP contribution in [0.2, 0.25) is 0 Å². The van der Waals surface area contributed by atoms with Crippen LogP contribution < -0.4 is 16.6 Å². The molecule has 40 heavy (non-hydrogen) atoms. The van der Waals surface area contributed by atoms with Gasteiger partial charge in [-0.05, 0) is 73.6 Å². The number of hydrogen-bond donors (Lipinski definition) is 3. The van der Waals surface area contributed by atoms with Crippen molar-refractivity contribution in [1.82, 2.24) is 30.7 Å². The first kappa shape index (κ1) is 28.1. The summed E-state index contributed by atoms with van der Waals surface area (Å²) in [7, 11) is 0. The van der Waals surface area contributed by atoms with Gasteiger partial charge in [0, 0.05) is 62.6 Å². The molecule has 0 bridgehead atoms. The molecule has 8 heteroatoms. The van der Waals surface area contributed by atoms with Gasteiger partial charge in [0.05, 0.1) is 12.6 Å². The first-order valence-corrected chi connectivity index (χ1v) is 14.4. The summed E-state index contributed by atoms with van der Waals surface area (Å²) >= 11 is 0. The number of pyridine rings is 1. The Labute approximate surface area is 238 Å². The van der Waals surface area contributed by atoms with Crippen LogP contribution in [0.15, 0.2) is 102 Å². The summed E-state index contributed by atoms with van der Waals surface area (Å²) in [6.45, 7) is 12.9. The molecule has 0 radical (unpaired) electrons. The number of allylic oxidation sites excluding steroid dienone is 8. The number of hydrogen-bond acceptors (Lipinski definition) is 8. The number of piperidine rings is 1. The van der Waals surface area contributed by atoms with Gasteiger partial charge in [-0.3, -0.25) is 9.74 Å². The lowest BCUT2D eigenvalue weighted by atomic mass is 9.95. The number of nitrogens with zero attached hydrogens (tertiary/aromatic N) is 4. The van der Waals surface area contributed by atoms with E-state index in [0.717, 1.165) is 77.2 Å². The Hall–Kier alpha value is -3.43. The van der Waals surface area contributed by atoms with Gasteiger partial charge in [-0.2, -0.15) is 0 Å².